The number of anilines is 1. The molecule has 0 aliphatic heterocycles. The molecule has 18 heavy (non-hydrogen) atoms. The van der Waals surface area contributed by atoms with Crippen LogP contribution in [-0.4, -0.2) is 28.5 Å². The number of rotatable bonds is 6. The van der Waals surface area contributed by atoms with E-state index in [2.05, 4.69) is 12.2 Å². The van der Waals surface area contributed by atoms with E-state index in [0.717, 1.165) is 12.2 Å². The van der Waals surface area contributed by atoms with E-state index in [1.54, 1.807) is 30.8 Å². The smallest absolute Gasteiger partial charge is 0.336 e. The number of hydrogen-bond donors (Lipinski definition) is 2. The van der Waals surface area contributed by atoms with Gasteiger partial charge in [0.2, 0.25) is 5.91 Å². The molecule has 0 spiro atoms. The minimum atomic E-state index is -0.982. The molecule has 0 aliphatic rings. The van der Waals surface area contributed by atoms with Crippen LogP contribution >= 0.6 is 11.8 Å². The molecule has 0 atom stereocenters. The Morgan fingerprint density at radius 2 is 2.11 bits per heavy atom. The molecule has 1 amide bonds. The predicted molar refractivity (Wildman–Crippen MR) is 74.4 cm³/mol. The van der Waals surface area contributed by atoms with Gasteiger partial charge in [0.25, 0.3) is 0 Å². The number of carbonyl (C=O) groups excluding carboxylic acids is 1. The van der Waals surface area contributed by atoms with Crippen molar-refractivity contribution < 1.29 is 14.7 Å². The van der Waals surface area contributed by atoms with E-state index >= 15 is 0 Å². The zero-order valence-corrected chi connectivity index (χ0v) is 11.3. The summed E-state index contributed by atoms with van der Waals surface area (Å²) in [5.41, 5.74) is 1.43. The molecule has 5 heteroatoms. The van der Waals surface area contributed by atoms with Gasteiger partial charge in [0, 0.05) is 5.69 Å². The van der Waals surface area contributed by atoms with Gasteiger partial charge >= 0.3 is 5.97 Å². The molecule has 98 valence electrons. The summed E-state index contributed by atoms with van der Waals surface area (Å²) in [6, 6.07) is 4.89. The summed E-state index contributed by atoms with van der Waals surface area (Å²) >= 11 is 1.57. The lowest BCUT2D eigenvalue weighted by molar-refractivity contribution is -0.113. The number of aromatic carboxylic acids is 1. The fourth-order valence-corrected chi connectivity index (χ4v) is 2.13. The molecule has 1 aromatic rings. The zero-order valence-electron chi connectivity index (χ0n) is 10.5. The summed E-state index contributed by atoms with van der Waals surface area (Å²) in [7, 11) is 0. The van der Waals surface area contributed by atoms with Gasteiger partial charge in [-0.25, -0.2) is 4.79 Å². The minimum absolute atomic E-state index is 0.103. The van der Waals surface area contributed by atoms with Crippen LogP contribution < -0.4 is 5.32 Å². The summed E-state index contributed by atoms with van der Waals surface area (Å²) in [6.07, 6.45) is 1.03. The number of carbonyl (C=O) groups is 2. The molecular weight excluding hydrogens is 250 g/mol. The third-order valence-electron chi connectivity index (χ3n) is 2.33. The van der Waals surface area contributed by atoms with Crippen LogP contribution in [0.2, 0.25) is 0 Å². The number of aryl methyl sites for hydroxylation is 1. The molecule has 0 fully saturated rings. The number of carboxylic acids is 1. The molecule has 0 unspecified atom stereocenters. The summed E-state index contributed by atoms with van der Waals surface area (Å²) in [5, 5.41) is 11.7. The van der Waals surface area contributed by atoms with Crippen LogP contribution in [0.5, 0.6) is 0 Å². The fourth-order valence-electron chi connectivity index (χ4n) is 1.44. The van der Waals surface area contributed by atoms with Crippen LogP contribution in [0, 0.1) is 6.92 Å². The average molecular weight is 267 g/mol. The Kier molecular flexibility index (Phi) is 5.71. The molecule has 0 bridgehead atoms. The Morgan fingerprint density at radius 3 is 2.72 bits per heavy atom. The van der Waals surface area contributed by atoms with Crippen LogP contribution in [0.1, 0.15) is 29.3 Å². The van der Waals surface area contributed by atoms with Crippen LogP contribution in [0.4, 0.5) is 5.69 Å². The number of carboxylic acid groups (broad SMARTS) is 1. The maximum atomic E-state index is 11.6. The quantitative estimate of drug-likeness (QED) is 0.778. The average Bonchev–Trinajstić information content (AvgIpc) is 2.31. The topological polar surface area (TPSA) is 66.4 Å². The first-order chi connectivity index (χ1) is 8.54. The van der Waals surface area contributed by atoms with Crippen molar-refractivity contribution >= 4 is 29.3 Å². The maximum absolute atomic E-state index is 11.6. The lowest BCUT2D eigenvalue weighted by Gasteiger charge is -2.07. The van der Waals surface area contributed by atoms with Crippen molar-refractivity contribution in [3.05, 3.63) is 29.3 Å². The number of benzene rings is 1. The standard InChI is InChI=1S/C13H17NO3S/c1-3-6-18-8-12(15)14-10-5-4-9(2)11(7-10)13(16)17/h4-5,7H,3,6,8H2,1-2H3,(H,14,15)(H,16,17). The van der Waals surface area contributed by atoms with Gasteiger partial charge in [-0.1, -0.05) is 13.0 Å². The summed E-state index contributed by atoms with van der Waals surface area (Å²) in [6.45, 7) is 3.79. The molecule has 0 heterocycles. The second-order valence-corrected chi connectivity index (χ2v) is 5.04. The van der Waals surface area contributed by atoms with Gasteiger partial charge in [-0.15, -0.1) is 0 Å². The number of amides is 1. The third-order valence-corrected chi connectivity index (χ3v) is 3.50. The van der Waals surface area contributed by atoms with E-state index in [9.17, 15) is 9.59 Å². The Labute approximate surface area is 111 Å². The van der Waals surface area contributed by atoms with Gasteiger partial charge in [-0.05, 0) is 36.8 Å². The van der Waals surface area contributed by atoms with E-state index in [0.29, 0.717) is 17.0 Å². The number of thioether (sulfide) groups is 1. The second kappa shape index (κ2) is 7.06. The highest BCUT2D eigenvalue weighted by molar-refractivity contribution is 7.99. The lowest BCUT2D eigenvalue weighted by atomic mass is 10.1. The lowest BCUT2D eigenvalue weighted by Crippen LogP contribution is -2.15. The Hall–Kier alpha value is -1.49. The molecule has 1 rings (SSSR count). The molecule has 2 N–H and O–H groups in total. The highest BCUT2D eigenvalue weighted by Gasteiger charge is 2.09. The number of nitrogens with one attached hydrogen (secondary N) is 1. The van der Waals surface area contributed by atoms with Gasteiger partial charge in [-0.2, -0.15) is 11.8 Å². The fraction of sp³-hybridized carbons (Fsp3) is 0.385. The van der Waals surface area contributed by atoms with Crippen molar-refractivity contribution in [1.29, 1.82) is 0 Å². The first-order valence-electron chi connectivity index (χ1n) is 5.76. The Balaban J connectivity index is 2.65. The van der Waals surface area contributed by atoms with Gasteiger partial charge in [-0.3, -0.25) is 4.79 Å². The van der Waals surface area contributed by atoms with Crippen molar-refractivity contribution in [2.24, 2.45) is 0 Å². The number of hydrogen-bond acceptors (Lipinski definition) is 3. The molecule has 0 saturated heterocycles. The normalized spacial score (nSPS) is 10.1. The maximum Gasteiger partial charge on any atom is 0.336 e. The van der Waals surface area contributed by atoms with Gasteiger partial charge in [0.1, 0.15) is 0 Å². The molecule has 0 radical (unpaired) electrons. The predicted octanol–water partition coefficient (Wildman–Crippen LogP) is 2.77. The highest BCUT2D eigenvalue weighted by Crippen LogP contribution is 2.15. The van der Waals surface area contributed by atoms with Crippen LogP contribution in [0.25, 0.3) is 0 Å². The van der Waals surface area contributed by atoms with Crippen molar-refractivity contribution in [1.82, 2.24) is 0 Å². The Bertz CT molecular complexity index is 446. The van der Waals surface area contributed by atoms with E-state index < -0.39 is 5.97 Å². The SMILES string of the molecule is CCCSCC(=O)Nc1ccc(C)c(C(=O)O)c1. The van der Waals surface area contributed by atoms with Crippen molar-refractivity contribution in [3.8, 4) is 0 Å². The monoisotopic (exact) mass is 267 g/mol. The second-order valence-electron chi connectivity index (χ2n) is 3.94. The first kappa shape index (κ1) is 14.6. The van der Waals surface area contributed by atoms with Gasteiger partial charge < -0.3 is 10.4 Å². The zero-order chi connectivity index (χ0) is 13.5. The van der Waals surface area contributed by atoms with Gasteiger partial charge in [0.05, 0.1) is 11.3 Å². The van der Waals surface area contributed by atoms with Crippen molar-refractivity contribution in [3.63, 3.8) is 0 Å². The first-order valence-corrected chi connectivity index (χ1v) is 6.91. The van der Waals surface area contributed by atoms with E-state index in [1.165, 1.54) is 6.07 Å². The Morgan fingerprint density at radius 1 is 1.39 bits per heavy atom. The minimum Gasteiger partial charge on any atom is -0.478 e. The van der Waals surface area contributed by atoms with Crippen LogP contribution in [0.3, 0.4) is 0 Å². The van der Waals surface area contributed by atoms with E-state index in [4.69, 9.17) is 5.11 Å². The molecular formula is C13H17NO3S. The molecule has 0 saturated carbocycles. The van der Waals surface area contributed by atoms with Crippen molar-refractivity contribution in [2.75, 3.05) is 16.8 Å². The third kappa shape index (κ3) is 4.41. The summed E-state index contributed by atoms with van der Waals surface area (Å²) < 4.78 is 0. The van der Waals surface area contributed by atoms with E-state index in [1.807, 2.05) is 0 Å². The van der Waals surface area contributed by atoms with Crippen LogP contribution in [0.15, 0.2) is 18.2 Å². The molecule has 0 aromatic heterocycles. The van der Waals surface area contributed by atoms with Crippen LogP contribution in [-0.2, 0) is 4.79 Å². The molecule has 0 aliphatic carbocycles. The van der Waals surface area contributed by atoms with E-state index in [-0.39, 0.29) is 11.5 Å². The summed E-state index contributed by atoms with van der Waals surface area (Å²) in [5.74, 6) is 0.254. The molecule has 1 aromatic carbocycles. The highest BCUT2D eigenvalue weighted by atomic mass is 32.2. The van der Waals surface area contributed by atoms with Crippen molar-refractivity contribution in [2.45, 2.75) is 20.3 Å². The summed E-state index contributed by atoms with van der Waals surface area (Å²) in [4.78, 5) is 22.5. The molecule has 4 nitrogen and oxygen atoms in total. The van der Waals surface area contributed by atoms with Gasteiger partial charge in [0.15, 0.2) is 0 Å². The largest absolute Gasteiger partial charge is 0.478 e.